The van der Waals surface area contributed by atoms with Gasteiger partial charge in [-0.25, -0.2) is 9.59 Å². The average molecular weight is 202 g/mol. The molecule has 0 aromatic rings. The summed E-state index contributed by atoms with van der Waals surface area (Å²) in [7, 11) is 1.21. The second-order valence-corrected chi connectivity index (χ2v) is 2.39. The summed E-state index contributed by atoms with van der Waals surface area (Å²) >= 11 is 0. The van der Waals surface area contributed by atoms with Gasteiger partial charge in [0.25, 0.3) is 0 Å². The molecule has 0 saturated heterocycles. The number of rotatable bonds is 4. The van der Waals surface area contributed by atoms with E-state index in [1.807, 2.05) is 0 Å². The molecule has 14 heavy (non-hydrogen) atoms. The normalized spacial score (nSPS) is 12.2. The quantitative estimate of drug-likeness (QED) is 0.507. The number of carbonyl (C=O) groups excluding carboxylic acids is 2. The Morgan fingerprint density at radius 1 is 1.43 bits per heavy atom. The Balaban J connectivity index is 3.86. The van der Waals surface area contributed by atoms with Crippen LogP contribution in [-0.2, 0) is 19.0 Å². The Morgan fingerprint density at radius 3 is 2.57 bits per heavy atom. The minimum absolute atomic E-state index is 0.315. The van der Waals surface area contributed by atoms with Crippen LogP contribution in [0.15, 0.2) is 12.2 Å². The van der Waals surface area contributed by atoms with Gasteiger partial charge in [-0.05, 0) is 19.9 Å². The lowest BCUT2D eigenvalue weighted by Gasteiger charge is -2.06. The Labute approximate surface area is 82.6 Å². The molecule has 0 radical (unpaired) electrons. The molecule has 80 valence electrons. The van der Waals surface area contributed by atoms with Crippen LogP contribution in [-0.4, -0.2) is 31.9 Å². The van der Waals surface area contributed by atoms with E-state index in [1.165, 1.54) is 19.3 Å². The third-order valence-corrected chi connectivity index (χ3v) is 1.24. The first-order valence-corrected chi connectivity index (χ1v) is 4.19. The van der Waals surface area contributed by atoms with Gasteiger partial charge >= 0.3 is 12.1 Å². The monoisotopic (exact) mass is 202 g/mol. The molecule has 0 aliphatic carbocycles. The number of carbonyl (C=O) groups is 2. The van der Waals surface area contributed by atoms with Gasteiger partial charge in [-0.3, -0.25) is 0 Å². The molecule has 5 nitrogen and oxygen atoms in total. The van der Waals surface area contributed by atoms with Gasteiger partial charge in [0.15, 0.2) is 0 Å². The Morgan fingerprint density at radius 2 is 2.07 bits per heavy atom. The van der Waals surface area contributed by atoms with Crippen molar-refractivity contribution < 1.29 is 23.8 Å². The molecule has 0 saturated carbocycles. The highest BCUT2D eigenvalue weighted by Crippen LogP contribution is 1.96. The maximum absolute atomic E-state index is 10.8. The summed E-state index contributed by atoms with van der Waals surface area (Å²) in [5, 5.41) is 0. The van der Waals surface area contributed by atoms with Crippen LogP contribution in [0.2, 0.25) is 0 Å². The van der Waals surface area contributed by atoms with E-state index < -0.39 is 18.2 Å². The molecular formula is C9H14O5. The fourth-order valence-electron chi connectivity index (χ4n) is 0.644. The van der Waals surface area contributed by atoms with Crippen LogP contribution in [0.5, 0.6) is 0 Å². The van der Waals surface area contributed by atoms with Crippen LogP contribution in [0.25, 0.3) is 0 Å². The van der Waals surface area contributed by atoms with E-state index in [4.69, 9.17) is 0 Å². The fourth-order valence-corrected chi connectivity index (χ4v) is 0.644. The zero-order valence-corrected chi connectivity index (χ0v) is 8.48. The molecule has 0 fully saturated rings. The van der Waals surface area contributed by atoms with Crippen LogP contribution in [0, 0.1) is 0 Å². The third kappa shape index (κ3) is 6.05. The second kappa shape index (κ2) is 6.94. The average Bonchev–Trinajstić information content (AvgIpc) is 2.15. The van der Waals surface area contributed by atoms with Gasteiger partial charge in [0.1, 0.15) is 6.10 Å². The number of ether oxygens (including phenoxy) is 3. The largest absolute Gasteiger partial charge is 0.508 e. The van der Waals surface area contributed by atoms with E-state index in [9.17, 15) is 9.59 Å². The Kier molecular flexibility index (Phi) is 6.19. The maximum atomic E-state index is 10.8. The van der Waals surface area contributed by atoms with Crippen molar-refractivity contribution in [1.29, 1.82) is 0 Å². The van der Waals surface area contributed by atoms with Gasteiger partial charge in [0.05, 0.1) is 13.7 Å². The standard InChI is InChI=1S/C9H14O5/c1-4-13-8(10)6-5-7(2)14-9(11)12-3/h5-7H,4H2,1-3H3/t7-/m0/s1. The van der Waals surface area contributed by atoms with Gasteiger partial charge in [0, 0.05) is 6.08 Å². The van der Waals surface area contributed by atoms with Crippen molar-refractivity contribution in [3.8, 4) is 0 Å². The molecule has 5 heteroatoms. The van der Waals surface area contributed by atoms with Crippen LogP contribution >= 0.6 is 0 Å². The van der Waals surface area contributed by atoms with Crippen LogP contribution in [0.1, 0.15) is 13.8 Å². The SMILES string of the molecule is CCOC(=O)C=C[C@H](C)OC(=O)OC. The highest BCUT2D eigenvalue weighted by molar-refractivity contribution is 5.82. The molecule has 0 aromatic heterocycles. The topological polar surface area (TPSA) is 61.8 Å². The predicted molar refractivity (Wildman–Crippen MR) is 48.7 cm³/mol. The second-order valence-electron chi connectivity index (χ2n) is 2.39. The first-order valence-electron chi connectivity index (χ1n) is 4.19. The Hall–Kier alpha value is -1.52. The molecule has 0 bridgehead atoms. The molecule has 0 rings (SSSR count). The van der Waals surface area contributed by atoms with Crippen molar-refractivity contribution in [3.05, 3.63) is 12.2 Å². The molecule has 0 heterocycles. The van der Waals surface area contributed by atoms with Crippen molar-refractivity contribution >= 4 is 12.1 Å². The lowest BCUT2D eigenvalue weighted by Crippen LogP contribution is -2.13. The third-order valence-electron chi connectivity index (χ3n) is 1.24. The summed E-state index contributed by atoms with van der Waals surface area (Å²) in [4.78, 5) is 21.4. The highest BCUT2D eigenvalue weighted by Gasteiger charge is 2.05. The summed E-state index contributed by atoms with van der Waals surface area (Å²) in [6.45, 7) is 3.63. The van der Waals surface area contributed by atoms with Crippen molar-refractivity contribution in [3.63, 3.8) is 0 Å². The van der Waals surface area contributed by atoms with Crippen molar-refractivity contribution in [1.82, 2.24) is 0 Å². The summed E-state index contributed by atoms with van der Waals surface area (Å²) in [5.74, 6) is -0.465. The minimum Gasteiger partial charge on any atom is -0.463 e. The zero-order chi connectivity index (χ0) is 11.0. The van der Waals surface area contributed by atoms with Gasteiger partial charge < -0.3 is 14.2 Å². The molecule has 0 amide bonds. The minimum atomic E-state index is -0.786. The van der Waals surface area contributed by atoms with Crippen LogP contribution in [0.4, 0.5) is 4.79 Å². The van der Waals surface area contributed by atoms with E-state index >= 15 is 0 Å². The molecule has 0 aliphatic rings. The van der Waals surface area contributed by atoms with Gasteiger partial charge in [-0.1, -0.05) is 0 Å². The zero-order valence-electron chi connectivity index (χ0n) is 8.48. The summed E-state index contributed by atoms with van der Waals surface area (Å²) in [5.41, 5.74) is 0. The van der Waals surface area contributed by atoms with Crippen LogP contribution < -0.4 is 0 Å². The van der Waals surface area contributed by atoms with Crippen molar-refractivity contribution in [2.24, 2.45) is 0 Å². The van der Waals surface area contributed by atoms with E-state index in [-0.39, 0.29) is 0 Å². The van der Waals surface area contributed by atoms with Gasteiger partial charge in [-0.2, -0.15) is 0 Å². The lowest BCUT2D eigenvalue weighted by molar-refractivity contribution is -0.137. The number of esters is 1. The Bertz CT molecular complexity index is 221. The molecule has 1 atom stereocenters. The van der Waals surface area contributed by atoms with Crippen molar-refractivity contribution in [2.75, 3.05) is 13.7 Å². The van der Waals surface area contributed by atoms with E-state index in [1.54, 1.807) is 13.8 Å². The van der Waals surface area contributed by atoms with E-state index in [0.717, 1.165) is 0 Å². The number of hydrogen-bond donors (Lipinski definition) is 0. The number of methoxy groups -OCH3 is 1. The predicted octanol–water partition coefficient (Wildman–Crippen LogP) is 1.28. The highest BCUT2D eigenvalue weighted by atomic mass is 16.7. The molecule has 0 spiro atoms. The first-order chi connectivity index (χ1) is 6.60. The molecule has 0 aromatic carbocycles. The van der Waals surface area contributed by atoms with Crippen molar-refractivity contribution in [2.45, 2.75) is 20.0 Å². The van der Waals surface area contributed by atoms with E-state index in [0.29, 0.717) is 6.61 Å². The molecule has 0 N–H and O–H groups in total. The first kappa shape index (κ1) is 12.5. The number of hydrogen-bond acceptors (Lipinski definition) is 5. The smallest absolute Gasteiger partial charge is 0.463 e. The summed E-state index contributed by atoms with van der Waals surface area (Å²) in [6.07, 6.45) is 1.31. The lowest BCUT2D eigenvalue weighted by atomic mass is 10.3. The van der Waals surface area contributed by atoms with Crippen LogP contribution in [0.3, 0.4) is 0 Å². The van der Waals surface area contributed by atoms with Gasteiger partial charge in [0.2, 0.25) is 0 Å². The fraction of sp³-hybridized carbons (Fsp3) is 0.556. The molecule has 0 aliphatic heterocycles. The maximum Gasteiger partial charge on any atom is 0.508 e. The summed E-state index contributed by atoms with van der Waals surface area (Å²) in [6, 6.07) is 0. The summed E-state index contributed by atoms with van der Waals surface area (Å²) < 4.78 is 13.6. The molecular weight excluding hydrogens is 188 g/mol. The van der Waals surface area contributed by atoms with Gasteiger partial charge in [-0.15, -0.1) is 0 Å². The molecule has 0 unspecified atom stereocenters. The van der Waals surface area contributed by atoms with E-state index in [2.05, 4.69) is 14.2 Å².